The fourth-order valence-corrected chi connectivity index (χ4v) is 4.64. The van der Waals surface area contributed by atoms with E-state index in [4.69, 9.17) is 0 Å². The second kappa shape index (κ2) is 7.09. The standard InChI is InChI=1S/C21H18N2OS2/c1-21(17-5-3-2-4-6-17)9-15(7-18-11-22-13-25-18)20(24)16(10-21)8-19-12-23-14-26-19/h2-8,11-14H,9-10H2,1H3/b15-7-,16-8+. The number of hydrogen-bond acceptors (Lipinski definition) is 5. The minimum absolute atomic E-state index is 0.109. The van der Waals surface area contributed by atoms with Crippen LogP contribution in [-0.2, 0) is 10.2 Å². The van der Waals surface area contributed by atoms with E-state index in [0.29, 0.717) is 0 Å². The molecule has 0 aliphatic heterocycles. The molecule has 5 heteroatoms. The Kier molecular flexibility index (Phi) is 4.66. The minimum Gasteiger partial charge on any atom is -0.289 e. The molecule has 2 aromatic heterocycles. The van der Waals surface area contributed by atoms with E-state index in [-0.39, 0.29) is 11.2 Å². The first kappa shape index (κ1) is 17.1. The van der Waals surface area contributed by atoms with Crippen molar-refractivity contribution < 1.29 is 4.79 Å². The lowest BCUT2D eigenvalue weighted by Gasteiger charge is -2.36. The predicted molar refractivity (Wildman–Crippen MR) is 108 cm³/mol. The summed E-state index contributed by atoms with van der Waals surface area (Å²) in [7, 11) is 0. The lowest BCUT2D eigenvalue weighted by Crippen LogP contribution is -2.32. The Balaban J connectivity index is 1.79. The molecule has 1 aliphatic rings. The van der Waals surface area contributed by atoms with E-state index in [1.165, 1.54) is 5.56 Å². The van der Waals surface area contributed by atoms with Crippen LogP contribution >= 0.6 is 22.7 Å². The van der Waals surface area contributed by atoms with Gasteiger partial charge in [0, 0.05) is 38.7 Å². The monoisotopic (exact) mass is 378 g/mol. The number of carbonyl (C=O) groups is 1. The van der Waals surface area contributed by atoms with E-state index in [1.807, 2.05) is 30.6 Å². The summed E-state index contributed by atoms with van der Waals surface area (Å²) in [6.07, 6.45) is 9.08. The molecule has 1 aliphatic carbocycles. The summed E-state index contributed by atoms with van der Waals surface area (Å²) in [5.74, 6) is 0.139. The summed E-state index contributed by atoms with van der Waals surface area (Å²) in [5.41, 5.74) is 6.44. The third-order valence-electron chi connectivity index (χ3n) is 4.75. The van der Waals surface area contributed by atoms with Gasteiger partial charge in [-0.1, -0.05) is 37.3 Å². The van der Waals surface area contributed by atoms with Crippen LogP contribution in [0.3, 0.4) is 0 Å². The first-order valence-electron chi connectivity index (χ1n) is 8.42. The van der Waals surface area contributed by atoms with Crippen molar-refractivity contribution >= 4 is 40.6 Å². The van der Waals surface area contributed by atoms with Crippen LogP contribution in [0.2, 0.25) is 0 Å². The Morgan fingerprint density at radius 3 is 1.92 bits per heavy atom. The molecule has 1 fully saturated rings. The Labute approximate surface area is 160 Å². The molecule has 26 heavy (non-hydrogen) atoms. The van der Waals surface area contributed by atoms with E-state index >= 15 is 0 Å². The SMILES string of the molecule is CC1(c2ccccc2)C/C(=C/c2cncs2)C(=O)/C(=C/c2cncs2)C1. The van der Waals surface area contributed by atoms with Gasteiger partial charge in [0.15, 0.2) is 5.78 Å². The molecule has 3 nitrogen and oxygen atoms in total. The maximum atomic E-state index is 13.1. The molecule has 0 amide bonds. The van der Waals surface area contributed by atoms with Gasteiger partial charge in [0.1, 0.15) is 0 Å². The van der Waals surface area contributed by atoms with Crippen molar-refractivity contribution in [1.82, 2.24) is 9.97 Å². The molecule has 0 radical (unpaired) electrons. The Morgan fingerprint density at radius 2 is 1.46 bits per heavy atom. The first-order chi connectivity index (χ1) is 12.6. The molecular formula is C21H18N2OS2. The minimum atomic E-state index is -0.109. The molecule has 0 saturated heterocycles. The van der Waals surface area contributed by atoms with Crippen molar-refractivity contribution in [2.45, 2.75) is 25.2 Å². The average molecular weight is 379 g/mol. The fourth-order valence-electron chi connectivity index (χ4n) is 3.49. The highest BCUT2D eigenvalue weighted by atomic mass is 32.1. The van der Waals surface area contributed by atoms with Gasteiger partial charge >= 0.3 is 0 Å². The van der Waals surface area contributed by atoms with Crippen LogP contribution in [-0.4, -0.2) is 15.8 Å². The maximum absolute atomic E-state index is 13.1. The number of rotatable bonds is 3. The van der Waals surface area contributed by atoms with Crippen LogP contribution < -0.4 is 0 Å². The molecule has 0 N–H and O–H groups in total. The van der Waals surface area contributed by atoms with E-state index in [2.05, 4.69) is 41.2 Å². The summed E-state index contributed by atoms with van der Waals surface area (Å²) in [6.45, 7) is 2.25. The zero-order valence-corrected chi connectivity index (χ0v) is 16.0. The van der Waals surface area contributed by atoms with Gasteiger partial charge in [0.25, 0.3) is 0 Å². The summed E-state index contributed by atoms with van der Waals surface area (Å²) < 4.78 is 0. The van der Waals surface area contributed by atoms with Gasteiger partial charge in [0.05, 0.1) is 11.0 Å². The van der Waals surface area contributed by atoms with Crippen molar-refractivity contribution in [2.24, 2.45) is 0 Å². The smallest absolute Gasteiger partial charge is 0.185 e. The molecule has 2 heterocycles. The third-order valence-corrected chi connectivity index (χ3v) is 6.20. The topological polar surface area (TPSA) is 42.9 Å². The largest absolute Gasteiger partial charge is 0.289 e. The van der Waals surface area contributed by atoms with Crippen LogP contribution in [0.1, 0.15) is 35.1 Å². The number of nitrogens with zero attached hydrogens (tertiary/aromatic N) is 2. The Hall–Kier alpha value is -2.37. The van der Waals surface area contributed by atoms with E-state index < -0.39 is 0 Å². The van der Waals surface area contributed by atoms with Crippen molar-refractivity contribution in [3.8, 4) is 0 Å². The van der Waals surface area contributed by atoms with Crippen molar-refractivity contribution in [3.63, 3.8) is 0 Å². The highest BCUT2D eigenvalue weighted by Crippen LogP contribution is 2.43. The zero-order valence-electron chi connectivity index (χ0n) is 14.4. The second-order valence-corrected chi connectivity index (χ2v) is 8.59. The lowest BCUT2D eigenvalue weighted by molar-refractivity contribution is -0.113. The average Bonchev–Trinajstić information content (AvgIpc) is 3.34. The Morgan fingerprint density at radius 1 is 0.923 bits per heavy atom. The summed E-state index contributed by atoms with van der Waals surface area (Å²) in [5, 5.41) is 0. The first-order valence-corrected chi connectivity index (χ1v) is 10.2. The van der Waals surface area contributed by atoms with E-state index in [1.54, 1.807) is 33.7 Å². The summed E-state index contributed by atoms with van der Waals surface area (Å²) in [6, 6.07) is 10.5. The predicted octanol–water partition coefficient (Wildman–Crippen LogP) is 5.39. The number of ketones is 1. The van der Waals surface area contributed by atoms with E-state index in [0.717, 1.165) is 33.7 Å². The number of Topliss-reactive ketones (excluding diaryl/α,β-unsaturated/α-hetero) is 1. The van der Waals surface area contributed by atoms with Crippen LogP contribution in [0.5, 0.6) is 0 Å². The Bertz CT molecular complexity index is 899. The molecule has 1 unspecified atom stereocenters. The normalized spacial score (nSPS) is 23.7. The van der Waals surface area contributed by atoms with Gasteiger partial charge in [-0.05, 0) is 30.6 Å². The summed E-state index contributed by atoms with van der Waals surface area (Å²) >= 11 is 3.11. The molecule has 1 saturated carbocycles. The van der Waals surface area contributed by atoms with E-state index in [9.17, 15) is 4.79 Å². The molecule has 4 rings (SSSR count). The molecule has 1 aromatic carbocycles. The van der Waals surface area contributed by atoms with Gasteiger partial charge in [-0.3, -0.25) is 14.8 Å². The number of aromatic nitrogens is 2. The number of hydrogen-bond donors (Lipinski definition) is 0. The van der Waals surface area contributed by atoms with Crippen LogP contribution in [0.4, 0.5) is 0 Å². The molecule has 0 spiro atoms. The number of carbonyl (C=O) groups excluding carboxylic acids is 1. The van der Waals surface area contributed by atoms with Crippen molar-refractivity contribution in [3.05, 3.63) is 80.2 Å². The van der Waals surface area contributed by atoms with Gasteiger partial charge in [-0.2, -0.15) is 0 Å². The molecular weight excluding hydrogens is 360 g/mol. The quantitative estimate of drug-likeness (QED) is 0.574. The van der Waals surface area contributed by atoms with Crippen molar-refractivity contribution in [2.75, 3.05) is 0 Å². The third kappa shape index (κ3) is 3.45. The highest BCUT2D eigenvalue weighted by Gasteiger charge is 2.37. The van der Waals surface area contributed by atoms with Crippen molar-refractivity contribution in [1.29, 1.82) is 0 Å². The molecule has 1 atom stereocenters. The van der Waals surface area contributed by atoms with Gasteiger partial charge in [-0.15, -0.1) is 22.7 Å². The highest BCUT2D eigenvalue weighted by molar-refractivity contribution is 7.10. The summed E-state index contributed by atoms with van der Waals surface area (Å²) in [4.78, 5) is 23.4. The number of allylic oxidation sites excluding steroid dienone is 2. The fraction of sp³-hybridized carbons (Fsp3) is 0.190. The van der Waals surface area contributed by atoms with Gasteiger partial charge < -0.3 is 0 Å². The maximum Gasteiger partial charge on any atom is 0.185 e. The second-order valence-electron chi connectivity index (χ2n) is 6.76. The number of benzene rings is 1. The van der Waals surface area contributed by atoms with Crippen LogP contribution in [0, 0.1) is 0 Å². The van der Waals surface area contributed by atoms with Gasteiger partial charge in [0.2, 0.25) is 0 Å². The molecule has 0 bridgehead atoms. The van der Waals surface area contributed by atoms with Gasteiger partial charge in [-0.25, -0.2) is 0 Å². The zero-order chi connectivity index (χ0) is 18.0. The lowest BCUT2D eigenvalue weighted by atomic mass is 9.66. The van der Waals surface area contributed by atoms with Crippen LogP contribution in [0.15, 0.2) is 64.9 Å². The molecule has 130 valence electrons. The van der Waals surface area contributed by atoms with Crippen LogP contribution in [0.25, 0.3) is 12.2 Å². The number of thiazole rings is 2. The molecule has 3 aromatic rings.